The number of carbonyl (C=O) groups excluding carboxylic acids is 1. The summed E-state index contributed by atoms with van der Waals surface area (Å²) in [4.78, 5) is 31.5. The molecule has 2 N–H and O–H groups in total. The first-order valence-electron chi connectivity index (χ1n) is 10.6. The Balaban J connectivity index is 4.48. The number of nitrogens with zero attached hydrogens (tertiary/aromatic N) is 2. The molecule has 0 heterocycles. The molecule has 0 saturated heterocycles. The second kappa shape index (κ2) is 17.0. The molecule has 0 aromatic heterocycles. The van der Waals surface area contributed by atoms with Gasteiger partial charge in [-0.25, -0.2) is 0 Å². The topological polar surface area (TPSA) is 144 Å². The fraction of sp³-hybridized carbons (Fsp3) is 0.850. The number of unbranched alkanes of at least 4 members (excludes halogenated alkanes) is 7. The van der Waals surface area contributed by atoms with E-state index in [-0.39, 0.29) is 12.8 Å². The van der Waals surface area contributed by atoms with Crippen LogP contribution in [0.2, 0.25) is 0 Å². The molecule has 0 aliphatic heterocycles. The summed E-state index contributed by atoms with van der Waals surface area (Å²) in [7, 11) is 0. The molecule has 9 nitrogen and oxygen atoms in total. The number of hydrogen-bond acceptors (Lipinski definition) is 7. The van der Waals surface area contributed by atoms with Gasteiger partial charge in [0.1, 0.15) is 18.5 Å². The number of carbonyl (C=O) groups is 1. The summed E-state index contributed by atoms with van der Waals surface area (Å²) in [5.74, 6) is 0. The molecule has 0 amide bonds. The standard InChI is InChI=1S/C20H36N2O7/c1-2-3-10-13-17(21(26)27)20(25)16-18(22(28)29)19(24)14-11-8-6-4-5-7-9-12-15-23/h8,11,15,17-20,24-25H,2-7,9-10,12-14,16H2,1H3/b11-8-. The lowest BCUT2D eigenvalue weighted by molar-refractivity contribution is -0.554. The third-order valence-corrected chi connectivity index (χ3v) is 5.00. The minimum Gasteiger partial charge on any atom is -0.386 e. The van der Waals surface area contributed by atoms with Gasteiger partial charge in [0.2, 0.25) is 12.1 Å². The van der Waals surface area contributed by atoms with Crippen molar-refractivity contribution in [3.8, 4) is 0 Å². The van der Waals surface area contributed by atoms with Crippen LogP contribution in [0, 0.1) is 20.2 Å². The third-order valence-electron chi connectivity index (χ3n) is 5.00. The monoisotopic (exact) mass is 416 g/mol. The van der Waals surface area contributed by atoms with Crippen LogP contribution in [-0.2, 0) is 4.79 Å². The molecule has 4 unspecified atom stereocenters. The van der Waals surface area contributed by atoms with Crippen LogP contribution in [0.25, 0.3) is 0 Å². The van der Waals surface area contributed by atoms with Crippen LogP contribution in [0.15, 0.2) is 12.2 Å². The maximum Gasteiger partial charge on any atom is 0.241 e. The molecule has 168 valence electrons. The molecule has 0 rings (SSSR count). The zero-order valence-electron chi connectivity index (χ0n) is 17.4. The Morgan fingerprint density at radius 2 is 1.45 bits per heavy atom. The highest BCUT2D eigenvalue weighted by atomic mass is 16.6. The van der Waals surface area contributed by atoms with E-state index >= 15 is 0 Å². The molecule has 0 fully saturated rings. The Hall–Kier alpha value is -1.87. The maximum absolute atomic E-state index is 11.3. The predicted molar refractivity (Wildman–Crippen MR) is 110 cm³/mol. The first-order valence-corrected chi connectivity index (χ1v) is 10.6. The van der Waals surface area contributed by atoms with Gasteiger partial charge in [0.25, 0.3) is 0 Å². The Morgan fingerprint density at radius 3 is 2.00 bits per heavy atom. The van der Waals surface area contributed by atoms with Crippen molar-refractivity contribution in [1.82, 2.24) is 0 Å². The summed E-state index contributed by atoms with van der Waals surface area (Å²) in [6, 6.07) is -2.71. The van der Waals surface area contributed by atoms with E-state index in [0.717, 1.165) is 51.2 Å². The van der Waals surface area contributed by atoms with Crippen molar-refractivity contribution in [2.75, 3.05) is 0 Å². The lowest BCUT2D eigenvalue weighted by Gasteiger charge is -2.20. The summed E-state index contributed by atoms with van der Waals surface area (Å²) in [6.45, 7) is 1.96. The minimum absolute atomic E-state index is 0.0580. The normalized spacial score (nSPS) is 15.7. The highest BCUT2D eigenvalue weighted by Crippen LogP contribution is 2.18. The Labute approximate surface area is 172 Å². The van der Waals surface area contributed by atoms with E-state index in [0.29, 0.717) is 12.8 Å². The molecule has 0 bridgehead atoms. The van der Waals surface area contributed by atoms with Crippen LogP contribution in [0.3, 0.4) is 0 Å². The van der Waals surface area contributed by atoms with Crippen LogP contribution in [-0.4, -0.2) is 50.6 Å². The van der Waals surface area contributed by atoms with Crippen LogP contribution < -0.4 is 0 Å². The molecule has 9 heteroatoms. The first-order chi connectivity index (χ1) is 13.8. The SMILES string of the molecule is CCCCCC(C(O)CC(C(O)C/C=C\CCCCCCC=O)[N+](=O)[O-])[N+](=O)[O-]. The average molecular weight is 417 g/mol. The molecule has 0 saturated carbocycles. The second-order valence-corrected chi connectivity index (χ2v) is 7.44. The van der Waals surface area contributed by atoms with Crippen molar-refractivity contribution in [1.29, 1.82) is 0 Å². The summed E-state index contributed by atoms with van der Waals surface area (Å²) < 4.78 is 0. The molecule has 0 aliphatic rings. The summed E-state index contributed by atoms with van der Waals surface area (Å²) in [6.07, 6.45) is 8.79. The molecule has 0 aromatic rings. The van der Waals surface area contributed by atoms with Crippen molar-refractivity contribution in [2.24, 2.45) is 0 Å². The van der Waals surface area contributed by atoms with Gasteiger partial charge < -0.3 is 15.0 Å². The van der Waals surface area contributed by atoms with E-state index in [9.17, 15) is 35.2 Å². The van der Waals surface area contributed by atoms with Gasteiger partial charge in [-0.3, -0.25) is 20.2 Å². The highest BCUT2D eigenvalue weighted by Gasteiger charge is 2.38. The molecular weight excluding hydrogens is 380 g/mol. The van der Waals surface area contributed by atoms with Gasteiger partial charge in [-0.15, -0.1) is 0 Å². The van der Waals surface area contributed by atoms with Gasteiger partial charge in [0.15, 0.2) is 0 Å². The highest BCUT2D eigenvalue weighted by molar-refractivity contribution is 5.48. The molecular formula is C20H36N2O7. The van der Waals surface area contributed by atoms with E-state index in [1.807, 2.05) is 13.0 Å². The number of rotatable bonds is 19. The first kappa shape index (κ1) is 27.1. The Morgan fingerprint density at radius 1 is 0.828 bits per heavy atom. The number of hydrogen-bond donors (Lipinski definition) is 2. The van der Waals surface area contributed by atoms with Crippen molar-refractivity contribution in [3.63, 3.8) is 0 Å². The van der Waals surface area contributed by atoms with Crippen molar-refractivity contribution < 1.29 is 24.9 Å². The van der Waals surface area contributed by atoms with Crippen molar-refractivity contribution >= 4 is 6.29 Å². The lowest BCUT2D eigenvalue weighted by Crippen LogP contribution is -2.42. The van der Waals surface area contributed by atoms with Crippen molar-refractivity contribution in [3.05, 3.63) is 32.4 Å². The molecule has 4 atom stereocenters. The van der Waals surface area contributed by atoms with Gasteiger partial charge in [-0.05, 0) is 32.1 Å². The zero-order valence-corrected chi connectivity index (χ0v) is 17.4. The Kier molecular flexibility index (Phi) is 15.9. The fourth-order valence-electron chi connectivity index (χ4n) is 3.18. The fourth-order valence-corrected chi connectivity index (χ4v) is 3.18. The summed E-state index contributed by atoms with van der Waals surface area (Å²) in [5, 5.41) is 42.8. The van der Waals surface area contributed by atoms with Crippen LogP contribution >= 0.6 is 0 Å². The maximum atomic E-state index is 11.3. The van der Waals surface area contributed by atoms with Crippen LogP contribution in [0.1, 0.15) is 84.0 Å². The third kappa shape index (κ3) is 13.1. The molecule has 0 spiro atoms. The van der Waals surface area contributed by atoms with E-state index in [1.165, 1.54) is 0 Å². The van der Waals surface area contributed by atoms with Gasteiger partial charge in [-0.2, -0.15) is 0 Å². The second-order valence-electron chi connectivity index (χ2n) is 7.44. The van der Waals surface area contributed by atoms with E-state index in [4.69, 9.17) is 0 Å². The van der Waals surface area contributed by atoms with Gasteiger partial charge in [0.05, 0.1) is 6.42 Å². The molecule has 0 aromatic carbocycles. The minimum atomic E-state index is -1.47. The van der Waals surface area contributed by atoms with Crippen LogP contribution in [0.5, 0.6) is 0 Å². The lowest BCUT2D eigenvalue weighted by atomic mass is 9.95. The predicted octanol–water partition coefficient (Wildman–Crippen LogP) is 3.46. The number of aldehydes is 1. The quantitative estimate of drug-likeness (QED) is 0.108. The number of nitro groups is 2. The number of allylic oxidation sites excluding steroid dienone is 1. The van der Waals surface area contributed by atoms with Crippen molar-refractivity contribution in [2.45, 2.75) is 108 Å². The van der Waals surface area contributed by atoms with Crippen LogP contribution in [0.4, 0.5) is 0 Å². The van der Waals surface area contributed by atoms with Gasteiger partial charge in [0, 0.05) is 22.7 Å². The van der Waals surface area contributed by atoms with Gasteiger partial charge in [-0.1, -0.05) is 44.8 Å². The van der Waals surface area contributed by atoms with E-state index in [1.54, 1.807) is 6.08 Å². The largest absolute Gasteiger partial charge is 0.386 e. The summed E-state index contributed by atoms with van der Waals surface area (Å²) >= 11 is 0. The summed E-state index contributed by atoms with van der Waals surface area (Å²) in [5.41, 5.74) is 0. The average Bonchev–Trinajstić information content (AvgIpc) is 2.67. The Bertz CT molecular complexity index is 499. The number of aliphatic hydroxyl groups excluding tert-OH is 2. The van der Waals surface area contributed by atoms with E-state index in [2.05, 4.69) is 0 Å². The van der Waals surface area contributed by atoms with E-state index < -0.39 is 40.6 Å². The molecule has 0 aliphatic carbocycles. The zero-order chi connectivity index (χ0) is 22.1. The molecule has 0 radical (unpaired) electrons. The smallest absolute Gasteiger partial charge is 0.241 e. The van der Waals surface area contributed by atoms with Gasteiger partial charge >= 0.3 is 0 Å². The number of aliphatic hydroxyl groups is 2. The molecule has 29 heavy (non-hydrogen) atoms.